The molecule has 4 nitrogen and oxygen atoms in total. The van der Waals surface area contributed by atoms with Gasteiger partial charge in [0.2, 0.25) is 0 Å². The van der Waals surface area contributed by atoms with Crippen molar-refractivity contribution in [2.45, 2.75) is 32.7 Å². The minimum Gasteiger partial charge on any atom is -0.469 e. The van der Waals surface area contributed by atoms with Gasteiger partial charge in [0.05, 0.1) is 24.6 Å². The molecule has 1 unspecified atom stereocenters. The summed E-state index contributed by atoms with van der Waals surface area (Å²) in [6, 6.07) is 1.42. The van der Waals surface area contributed by atoms with E-state index in [1.807, 2.05) is 6.07 Å². The fraction of sp³-hybridized carbons (Fsp3) is 0.778. The molecule has 0 aromatic carbocycles. The normalized spacial score (nSPS) is 13.2. The summed E-state index contributed by atoms with van der Waals surface area (Å²) in [4.78, 5) is 11.2. The number of nitrogens with two attached hydrogens (primary N) is 1. The number of carbonyl (C=O) groups excluding carboxylic acids is 1. The van der Waals surface area contributed by atoms with Gasteiger partial charge in [-0.05, 0) is 26.7 Å². The molecule has 0 aromatic heterocycles. The molecule has 0 aromatic rings. The Balaban J connectivity index is 4.04. The van der Waals surface area contributed by atoms with Crippen LogP contribution >= 0.6 is 0 Å². The van der Waals surface area contributed by atoms with E-state index in [2.05, 4.69) is 4.74 Å². The number of nitrogens with zero attached hydrogens (tertiary/aromatic N) is 1. The average molecular weight is 184 g/mol. The molecule has 0 spiro atoms. The first-order valence-corrected chi connectivity index (χ1v) is 4.17. The van der Waals surface area contributed by atoms with Gasteiger partial charge >= 0.3 is 5.97 Å². The molecule has 0 radical (unpaired) electrons. The number of hydrogen-bond acceptors (Lipinski definition) is 4. The Bertz CT molecular complexity index is 218. The number of ether oxygens (including phenoxy) is 1. The van der Waals surface area contributed by atoms with Crippen LogP contribution in [-0.4, -0.2) is 19.1 Å². The lowest BCUT2D eigenvalue weighted by Crippen LogP contribution is -2.28. The highest BCUT2D eigenvalue weighted by molar-refractivity contribution is 5.75. The number of esters is 1. The molecule has 0 bridgehead atoms. The van der Waals surface area contributed by atoms with E-state index in [0.717, 1.165) is 0 Å². The molecule has 0 rings (SSSR count). The van der Waals surface area contributed by atoms with E-state index in [0.29, 0.717) is 12.8 Å². The number of rotatable bonds is 4. The molecule has 0 aliphatic rings. The summed E-state index contributed by atoms with van der Waals surface area (Å²) in [6.07, 6.45) is 1.08. The Labute approximate surface area is 78.7 Å². The average Bonchev–Trinajstić information content (AvgIpc) is 2.12. The minimum atomic E-state index is -0.552. The summed E-state index contributed by atoms with van der Waals surface area (Å²) in [5.41, 5.74) is 4.86. The number of carbonyl (C=O) groups is 1. The Morgan fingerprint density at radius 2 is 2.23 bits per heavy atom. The first-order valence-electron chi connectivity index (χ1n) is 4.17. The standard InChI is InChI=1S/C9H16N2O2/c1-9(2,8(12)13-3)5-4-7(11)6-10/h7H,4-5,11H2,1-3H3. The summed E-state index contributed by atoms with van der Waals surface area (Å²) in [5, 5.41) is 8.44. The van der Waals surface area contributed by atoms with Gasteiger partial charge in [-0.3, -0.25) is 4.79 Å². The summed E-state index contributed by atoms with van der Waals surface area (Å²) < 4.78 is 4.62. The Morgan fingerprint density at radius 1 is 1.69 bits per heavy atom. The molecule has 74 valence electrons. The van der Waals surface area contributed by atoms with Gasteiger partial charge in [0, 0.05) is 0 Å². The first-order chi connectivity index (χ1) is 5.94. The maximum atomic E-state index is 11.2. The van der Waals surface area contributed by atoms with Crippen molar-refractivity contribution in [3.05, 3.63) is 0 Å². The van der Waals surface area contributed by atoms with Crippen LogP contribution in [0.15, 0.2) is 0 Å². The van der Waals surface area contributed by atoms with Gasteiger partial charge in [-0.25, -0.2) is 0 Å². The molecular formula is C9H16N2O2. The molecule has 0 heterocycles. The Kier molecular flexibility index (Phi) is 4.43. The van der Waals surface area contributed by atoms with Crippen LogP contribution < -0.4 is 5.73 Å². The first kappa shape index (κ1) is 11.9. The van der Waals surface area contributed by atoms with Gasteiger partial charge < -0.3 is 10.5 Å². The molecule has 0 saturated carbocycles. The summed E-state index contributed by atoms with van der Waals surface area (Å²) >= 11 is 0. The topological polar surface area (TPSA) is 76.1 Å². The van der Waals surface area contributed by atoms with Gasteiger partial charge in [-0.2, -0.15) is 5.26 Å². The van der Waals surface area contributed by atoms with Crippen LogP contribution in [0.2, 0.25) is 0 Å². The monoisotopic (exact) mass is 184 g/mol. The Hall–Kier alpha value is -1.08. The smallest absolute Gasteiger partial charge is 0.311 e. The summed E-state index contributed by atoms with van der Waals surface area (Å²) in [6.45, 7) is 3.56. The second-order valence-corrected chi connectivity index (χ2v) is 3.65. The minimum absolute atomic E-state index is 0.266. The predicted molar refractivity (Wildman–Crippen MR) is 48.6 cm³/mol. The van der Waals surface area contributed by atoms with Crippen molar-refractivity contribution in [2.75, 3.05) is 7.11 Å². The zero-order valence-corrected chi connectivity index (χ0v) is 8.33. The van der Waals surface area contributed by atoms with Gasteiger partial charge in [-0.15, -0.1) is 0 Å². The number of nitriles is 1. The van der Waals surface area contributed by atoms with Crippen LogP contribution in [0.4, 0.5) is 0 Å². The molecule has 0 aliphatic heterocycles. The Morgan fingerprint density at radius 3 is 2.62 bits per heavy atom. The van der Waals surface area contributed by atoms with Crippen LogP contribution in [0.1, 0.15) is 26.7 Å². The quantitative estimate of drug-likeness (QED) is 0.656. The van der Waals surface area contributed by atoms with Gasteiger partial charge in [0.25, 0.3) is 0 Å². The van der Waals surface area contributed by atoms with Crippen LogP contribution in [0.25, 0.3) is 0 Å². The molecule has 2 N–H and O–H groups in total. The second kappa shape index (κ2) is 4.83. The van der Waals surface area contributed by atoms with Crippen molar-refractivity contribution >= 4 is 5.97 Å². The van der Waals surface area contributed by atoms with E-state index in [-0.39, 0.29) is 5.97 Å². The zero-order chi connectivity index (χ0) is 10.5. The lowest BCUT2D eigenvalue weighted by Gasteiger charge is -2.21. The number of hydrogen-bond donors (Lipinski definition) is 1. The molecule has 0 amide bonds. The van der Waals surface area contributed by atoms with Crippen molar-refractivity contribution < 1.29 is 9.53 Å². The van der Waals surface area contributed by atoms with E-state index in [1.54, 1.807) is 13.8 Å². The van der Waals surface area contributed by atoms with E-state index < -0.39 is 11.5 Å². The fourth-order valence-corrected chi connectivity index (χ4v) is 0.959. The SMILES string of the molecule is COC(=O)C(C)(C)CCC(N)C#N. The third-order valence-electron chi connectivity index (χ3n) is 1.98. The maximum Gasteiger partial charge on any atom is 0.311 e. The van der Waals surface area contributed by atoms with Crippen molar-refractivity contribution in [2.24, 2.45) is 11.1 Å². The van der Waals surface area contributed by atoms with Crippen molar-refractivity contribution in [1.82, 2.24) is 0 Å². The molecule has 13 heavy (non-hydrogen) atoms. The van der Waals surface area contributed by atoms with Crippen LogP contribution in [0.3, 0.4) is 0 Å². The summed E-state index contributed by atoms with van der Waals surface area (Å²) in [5.74, 6) is -0.266. The van der Waals surface area contributed by atoms with Crippen molar-refractivity contribution in [1.29, 1.82) is 5.26 Å². The van der Waals surface area contributed by atoms with Gasteiger partial charge in [0.1, 0.15) is 0 Å². The van der Waals surface area contributed by atoms with E-state index in [4.69, 9.17) is 11.0 Å². The predicted octanol–water partition coefficient (Wildman–Crippen LogP) is 0.817. The van der Waals surface area contributed by atoms with Gasteiger partial charge in [-0.1, -0.05) is 0 Å². The van der Waals surface area contributed by atoms with E-state index in [1.165, 1.54) is 7.11 Å². The molecular weight excluding hydrogens is 168 g/mol. The van der Waals surface area contributed by atoms with Crippen LogP contribution in [0, 0.1) is 16.7 Å². The lowest BCUT2D eigenvalue weighted by atomic mass is 9.86. The fourth-order valence-electron chi connectivity index (χ4n) is 0.959. The molecule has 0 fully saturated rings. The van der Waals surface area contributed by atoms with E-state index >= 15 is 0 Å². The molecule has 0 saturated heterocycles. The highest BCUT2D eigenvalue weighted by Crippen LogP contribution is 2.24. The molecule has 4 heteroatoms. The highest BCUT2D eigenvalue weighted by Gasteiger charge is 2.28. The van der Waals surface area contributed by atoms with Crippen LogP contribution in [-0.2, 0) is 9.53 Å². The lowest BCUT2D eigenvalue weighted by molar-refractivity contribution is -0.151. The molecule has 1 atom stereocenters. The number of methoxy groups -OCH3 is 1. The highest BCUT2D eigenvalue weighted by atomic mass is 16.5. The largest absolute Gasteiger partial charge is 0.469 e. The third-order valence-corrected chi connectivity index (χ3v) is 1.98. The maximum absolute atomic E-state index is 11.2. The second-order valence-electron chi connectivity index (χ2n) is 3.65. The van der Waals surface area contributed by atoms with Crippen molar-refractivity contribution in [3.8, 4) is 6.07 Å². The van der Waals surface area contributed by atoms with Crippen molar-refractivity contribution in [3.63, 3.8) is 0 Å². The zero-order valence-electron chi connectivity index (χ0n) is 8.33. The van der Waals surface area contributed by atoms with Gasteiger partial charge in [0.15, 0.2) is 0 Å². The molecule has 0 aliphatic carbocycles. The summed E-state index contributed by atoms with van der Waals surface area (Å²) in [7, 11) is 1.36. The van der Waals surface area contributed by atoms with Crippen LogP contribution in [0.5, 0.6) is 0 Å². The third kappa shape index (κ3) is 3.90. The van der Waals surface area contributed by atoms with E-state index in [9.17, 15) is 4.79 Å².